The Kier molecular flexibility index (Phi) is 22.2. The predicted octanol–water partition coefficient (Wildman–Crippen LogP) is 11.4. The van der Waals surface area contributed by atoms with Gasteiger partial charge >= 0.3 is 18.3 Å². The van der Waals surface area contributed by atoms with Crippen molar-refractivity contribution in [3.05, 3.63) is 196 Å². The van der Waals surface area contributed by atoms with Gasteiger partial charge < -0.3 is 48.5 Å². The SMILES string of the molecule is CN(CCN1CCC(OC(=O)Cc2ccccc2-c2ccccc2)CC1)C(=O)CCN(C)c1ccc(C(=O)N(C)CCCN(C)C(=O)CO[C@H]2Cc3ccccc3C23CCN(CC[C@@]2(c4ccc(F)cc4)CN(C(=O)c4cc(C(F)(F)F)cc(C(F)(F)F)c4)CO2)CC3)cc1. The van der Waals surface area contributed by atoms with Crippen molar-refractivity contribution in [3.8, 4) is 11.1 Å². The van der Waals surface area contributed by atoms with Crippen molar-refractivity contribution < 1.29 is 68.9 Å². The fraction of sp³-hybridized carbons (Fsp3) is 0.438. The molecule has 3 heterocycles. The maximum absolute atomic E-state index is 14.2. The van der Waals surface area contributed by atoms with Crippen LogP contribution < -0.4 is 4.90 Å². The zero-order valence-corrected chi connectivity index (χ0v) is 54.1. The first kappa shape index (κ1) is 69.6. The van der Waals surface area contributed by atoms with E-state index in [1.54, 1.807) is 40.9 Å². The van der Waals surface area contributed by atoms with Crippen molar-refractivity contribution in [1.29, 1.82) is 0 Å². The van der Waals surface area contributed by atoms with Crippen LogP contribution in [-0.4, -0.2) is 185 Å². The summed E-state index contributed by atoms with van der Waals surface area (Å²) in [5, 5.41) is 0. The lowest BCUT2D eigenvalue weighted by molar-refractivity contribution is -0.150. The van der Waals surface area contributed by atoms with E-state index in [-0.39, 0.29) is 68.0 Å². The van der Waals surface area contributed by atoms with E-state index in [1.807, 2.05) is 97.9 Å². The number of likely N-dealkylation sites (N-methyl/N-ethyl adjacent to an activating group) is 2. The highest BCUT2D eigenvalue weighted by atomic mass is 19.4. The highest BCUT2D eigenvalue weighted by Gasteiger charge is 2.50. The van der Waals surface area contributed by atoms with Crippen LogP contribution in [0.15, 0.2) is 146 Å². The molecule has 6 aromatic rings. The van der Waals surface area contributed by atoms with Gasteiger partial charge in [-0.1, -0.05) is 91.0 Å². The second kappa shape index (κ2) is 30.3. The fourth-order valence-corrected chi connectivity index (χ4v) is 13.6. The van der Waals surface area contributed by atoms with Crippen molar-refractivity contribution in [3.63, 3.8) is 0 Å². The Labute approximate surface area is 550 Å². The minimum atomic E-state index is -5.15. The Hall–Kier alpha value is -8.18. The van der Waals surface area contributed by atoms with Crippen molar-refractivity contribution in [1.82, 2.24) is 29.4 Å². The highest BCUT2D eigenvalue weighted by molar-refractivity contribution is 5.95. The third-order valence-corrected chi connectivity index (χ3v) is 19.4. The molecule has 0 unspecified atom stereocenters. The number of carbonyl (C=O) groups excluding carboxylic acids is 5. The summed E-state index contributed by atoms with van der Waals surface area (Å²) < 4.78 is 116. The van der Waals surface area contributed by atoms with Gasteiger partial charge in [-0.05, 0) is 146 Å². The Morgan fingerprint density at radius 3 is 1.95 bits per heavy atom. The van der Waals surface area contributed by atoms with E-state index in [2.05, 4.69) is 21.9 Å². The number of halogens is 7. The number of hydrogen-bond acceptors (Lipinski definition) is 11. The summed E-state index contributed by atoms with van der Waals surface area (Å²) in [5.74, 6) is -2.18. The Bertz CT molecular complexity index is 3600. The molecule has 506 valence electrons. The molecule has 6 aromatic carbocycles. The standard InChI is InChI=1S/C73H82F7N7O8/c1-81(35-29-65(88)83(3)41-42-85-36-27-61(28-37-85)95-67(90)46-53-15-8-10-17-62(53)51-13-6-5-7-14-51)60-25-19-52(20-26-60)68(91)84(4)34-12-33-82(2)66(89)48-93-64-45-54-16-9-11-18-63(54)70(64)30-38-86(39-31-70)40-32-71(56-21-23-59(74)24-22-56)49-87(50-94-71)69(92)55-43-57(72(75,76)77)47-58(44-55)73(78,79)80/h5-11,13-26,43-44,47,61,64H,12,27-42,45-46,48-50H2,1-4H3/t64-,71-/m0/s1. The van der Waals surface area contributed by atoms with Crippen LogP contribution >= 0.6 is 0 Å². The number of carbonyl (C=O) groups is 5. The second-order valence-electron chi connectivity index (χ2n) is 25.6. The summed E-state index contributed by atoms with van der Waals surface area (Å²) in [7, 11) is 7.17. The minimum Gasteiger partial charge on any atom is -0.462 e. The zero-order chi connectivity index (χ0) is 67.7. The van der Waals surface area contributed by atoms with Gasteiger partial charge in [0.25, 0.3) is 11.8 Å². The van der Waals surface area contributed by atoms with Crippen molar-refractivity contribution >= 4 is 35.3 Å². The topological polar surface area (TPSA) is 136 Å². The number of alkyl halides is 6. The van der Waals surface area contributed by atoms with Gasteiger partial charge in [-0.15, -0.1) is 0 Å². The first-order chi connectivity index (χ1) is 45.4. The van der Waals surface area contributed by atoms with Gasteiger partial charge in [0.2, 0.25) is 11.8 Å². The van der Waals surface area contributed by atoms with Crippen LogP contribution in [0.5, 0.6) is 0 Å². The smallest absolute Gasteiger partial charge is 0.416 e. The van der Waals surface area contributed by atoms with E-state index in [1.165, 1.54) is 24.3 Å². The number of esters is 1. The third-order valence-electron chi connectivity index (χ3n) is 19.4. The van der Waals surface area contributed by atoms with Gasteiger partial charge in [-0.25, -0.2) is 4.39 Å². The molecule has 0 aromatic heterocycles. The van der Waals surface area contributed by atoms with Crippen LogP contribution in [0.25, 0.3) is 11.1 Å². The van der Waals surface area contributed by atoms with Crippen molar-refractivity contribution in [2.75, 3.05) is 118 Å². The van der Waals surface area contributed by atoms with E-state index in [0.717, 1.165) is 70.9 Å². The zero-order valence-electron chi connectivity index (χ0n) is 54.1. The molecule has 3 fully saturated rings. The van der Waals surface area contributed by atoms with Crippen molar-refractivity contribution in [2.45, 2.75) is 93.4 Å². The summed E-state index contributed by atoms with van der Waals surface area (Å²) in [6.07, 6.45) is -6.03. The lowest BCUT2D eigenvalue weighted by Crippen LogP contribution is -2.50. The van der Waals surface area contributed by atoms with E-state index < -0.39 is 58.5 Å². The van der Waals surface area contributed by atoms with Crippen LogP contribution in [0, 0.1) is 5.82 Å². The monoisotopic (exact) mass is 1320 g/mol. The number of rotatable bonds is 24. The van der Waals surface area contributed by atoms with Crippen LogP contribution in [0.4, 0.5) is 36.4 Å². The molecule has 4 amide bonds. The normalized spacial score (nSPS) is 18.3. The molecule has 3 aliphatic heterocycles. The molecular weight excluding hydrogens is 1240 g/mol. The van der Waals surface area contributed by atoms with Gasteiger partial charge in [0, 0.05) is 109 Å². The van der Waals surface area contributed by atoms with Gasteiger partial charge in [0.1, 0.15) is 30.9 Å². The number of ether oxygens (including phenoxy) is 3. The Balaban J connectivity index is 0.635. The average molecular weight is 1320 g/mol. The van der Waals surface area contributed by atoms with E-state index >= 15 is 0 Å². The molecule has 10 rings (SSSR count). The molecule has 0 N–H and O–H groups in total. The second-order valence-corrected chi connectivity index (χ2v) is 25.6. The maximum Gasteiger partial charge on any atom is 0.416 e. The number of benzene rings is 6. The maximum atomic E-state index is 14.2. The molecule has 0 radical (unpaired) electrons. The van der Waals surface area contributed by atoms with Gasteiger partial charge in [0.05, 0.1) is 30.2 Å². The number of fused-ring (bicyclic) bond motifs is 2. The number of piperidine rings is 2. The van der Waals surface area contributed by atoms with Crippen LogP contribution in [-0.2, 0) is 64.8 Å². The van der Waals surface area contributed by atoms with Gasteiger partial charge in [0.15, 0.2) is 0 Å². The molecule has 4 aliphatic rings. The molecule has 1 spiro atoms. The summed E-state index contributed by atoms with van der Waals surface area (Å²) >= 11 is 0. The van der Waals surface area contributed by atoms with Crippen LogP contribution in [0.2, 0.25) is 0 Å². The molecule has 3 saturated heterocycles. The Morgan fingerprint density at radius 2 is 1.26 bits per heavy atom. The number of amides is 4. The lowest BCUT2D eigenvalue weighted by atomic mass is 9.72. The van der Waals surface area contributed by atoms with E-state index in [0.29, 0.717) is 101 Å². The fourth-order valence-electron chi connectivity index (χ4n) is 13.6. The van der Waals surface area contributed by atoms with Gasteiger partial charge in [-0.2, -0.15) is 26.3 Å². The van der Waals surface area contributed by atoms with Crippen molar-refractivity contribution in [2.24, 2.45) is 0 Å². The predicted molar refractivity (Wildman–Crippen MR) is 346 cm³/mol. The lowest BCUT2D eigenvalue weighted by Gasteiger charge is -2.44. The molecule has 2 atom stereocenters. The third kappa shape index (κ3) is 17.1. The van der Waals surface area contributed by atoms with E-state index in [4.69, 9.17) is 14.2 Å². The highest BCUT2D eigenvalue weighted by Crippen LogP contribution is 2.48. The number of hydrogen-bond donors (Lipinski definition) is 0. The molecule has 1 aliphatic carbocycles. The first-order valence-corrected chi connectivity index (χ1v) is 32.4. The molecule has 0 bridgehead atoms. The largest absolute Gasteiger partial charge is 0.462 e. The molecule has 0 saturated carbocycles. The Morgan fingerprint density at radius 1 is 0.642 bits per heavy atom. The van der Waals surface area contributed by atoms with E-state index in [9.17, 15) is 54.7 Å². The van der Waals surface area contributed by atoms with Gasteiger partial charge in [-0.3, -0.25) is 24.0 Å². The van der Waals surface area contributed by atoms with Crippen LogP contribution in [0.1, 0.15) is 99.0 Å². The summed E-state index contributed by atoms with van der Waals surface area (Å²) in [6, 6.07) is 39.6. The average Bonchev–Trinajstić information content (AvgIpc) is 1.55. The quantitative estimate of drug-likeness (QED) is 0.0423. The number of anilines is 1. The molecule has 15 nitrogen and oxygen atoms in total. The minimum absolute atomic E-state index is 0.0282. The van der Waals surface area contributed by atoms with Crippen LogP contribution in [0.3, 0.4) is 0 Å². The first-order valence-electron chi connectivity index (χ1n) is 32.4. The molecule has 95 heavy (non-hydrogen) atoms. The molecule has 22 heteroatoms. The number of nitrogens with zero attached hydrogens (tertiary/aromatic N) is 7. The summed E-state index contributed by atoms with van der Waals surface area (Å²) in [5.41, 5.74) is 1.50. The summed E-state index contributed by atoms with van der Waals surface area (Å²) in [4.78, 5) is 79.8. The molecular formula is C73H82F7N7O8. The number of likely N-dealkylation sites (tertiary alicyclic amines) is 2. The summed E-state index contributed by atoms with van der Waals surface area (Å²) in [6.45, 7) is 4.94.